The van der Waals surface area contributed by atoms with Crippen molar-refractivity contribution in [2.75, 3.05) is 19.5 Å². The zero-order valence-corrected chi connectivity index (χ0v) is 11.0. The monoisotopic (exact) mass is 240 g/mol. The molecule has 0 saturated carbocycles. The fourth-order valence-electron chi connectivity index (χ4n) is 1.71. The fourth-order valence-corrected chi connectivity index (χ4v) is 2.59. The molecule has 0 radical (unpaired) electrons. The van der Waals surface area contributed by atoms with E-state index in [1.165, 1.54) is 16.7 Å². The summed E-state index contributed by atoms with van der Waals surface area (Å²) in [5, 5.41) is 9.49. The highest BCUT2D eigenvalue weighted by Gasteiger charge is 2.03. The third-order valence-corrected chi connectivity index (χ3v) is 3.38. The molecular formula is C13H20O2S. The van der Waals surface area contributed by atoms with Crippen molar-refractivity contribution >= 4 is 11.8 Å². The van der Waals surface area contributed by atoms with Gasteiger partial charge >= 0.3 is 0 Å². The zero-order chi connectivity index (χ0) is 12.0. The van der Waals surface area contributed by atoms with Crippen molar-refractivity contribution in [3.63, 3.8) is 0 Å². The van der Waals surface area contributed by atoms with E-state index in [1.54, 1.807) is 18.9 Å². The SMILES string of the molecule is COCC(O)CSCc1cc(C)cc(C)c1. The number of aliphatic hydroxyl groups is 1. The van der Waals surface area contributed by atoms with Crippen LogP contribution in [0.3, 0.4) is 0 Å². The molecule has 1 aromatic carbocycles. The molecule has 2 nitrogen and oxygen atoms in total. The molecule has 0 aliphatic heterocycles. The van der Waals surface area contributed by atoms with E-state index in [2.05, 4.69) is 32.0 Å². The summed E-state index contributed by atoms with van der Waals surface area (Å²) in [6.45, 7) is 4.64. The molecule has 3 heteroatoms. The number of aliphatic hydroxyl groups excluding tert-OH is 1. The average molecular weight is 240 g/mol. The van der Waals surface area contributed by atoms with Gasteiger partial charge in [-0.1, -0.05) is 29.3 Å². The number of hydrogen-bond acceptors (Lipinski definition) is 3. The van der Waals surface area contributed by atoms with Gasteiger partial charge in [-0.05, 0) is 19.4 Å². The maximum Gasteiger partial charge on any atom is 0.0863 e. The van der Waals surface area contributed by atoms with E-state index in [1.807, 2.05) is 0 Å². The molecule has 16 heavy (non-hydrogen) atoms. The van der Waals surface area contributed by atoms with Gasteiger partial charge in [-0.3, -0.25) is 0 Å². The van der Waals surface area contributed by atoms with Crippen LogP contribution in [0.5, 0.6) is 0 Å². The normalized spacial score (nSPS) is 12.8. The highest BCUT2D eigenvalue weighted by molar-refractivity contribution is 7.98. The molecule has 0 fully saturated rings. The van der Waals surface area contributed by atoms with E-state index in [9.17, 15) is 5.11 Å². The summed E-state index contributed by atoms with van der Waals surface area (Å²) in [5.74, 6) is 1.67. The highest BCUT2D eigenvalue weighted by atomic mass is 32.2. The maximum atomic E-state index is 9.49. The van der Waals surface area contributed by atoms with Crippen LogP contribution in [-0.4, -0.2) is 30.7 Å². The van der Waals surface area contributed by atoms with Crippen molar-refractivity contribution < 1.29 is 9.84 Å². The third-order valence-electron chi connectivity index (χ3n) is 2.22. The van der Waals surface area contributed by atoms with Crippen molar-refractivity contribution in [3.8, 4) is 0 Å². The molecule has 0 aliphatic carbocycles. The van der Waals surface area contributed by atoms with E-state index in [0.29, 0.717) is 6.61 Å². The van der Waals surface area contributed by atoms with Gasteiger partial charge in [0.15, 0.2) is 0 Å². The Morgan fingerprint density at radius 3 is 2.44 bits per heavy atom. The molecule has 0 aliphatic rings. The minimum Gasteiger partial charge on any atom is -0.390 e. The molecule has 1 N–H and O–H groups in total. The van der Waals surface area contributed by atoms with Crippen LogP contribution in [0.25, 0.3) is 0 Å². The maximum absolute atomic E-state index is 9.49. The van der Waals surface area contributed by atoms with Gasteiger partial charge in [-0.2, -0.15) is 11.8 Å². The summed E-state index contributed by atoms with van der Waals surface area (Å²) >= 11 is 1.74. The number of thioether (sulfide) groups is 1. The van der Waals surface area contributed by atoms with Crippen molar-refractivity contribution in [1.29, 1.82) is 0 Å². The Hall–Kier alpha value is -0.510. The van der Waals surface area contributed by atoms with Gasteiger partial charge < -0.3 is 9.84 Å². The predicted molar refractivity (Wildman–Crippen MR) is 70.0 cm³/mol. The number of aryl methyl sites for hydroxylation is 2. The van der Waals surface area contributed by atoms with Gasteiger partial charge in [0.25, 0.3) is 0 Å². The molecule has 90 valence electrons. The molecule has 1 atom stereocenters. The summed E-state index contributed by atoms with van der Waals surface area (Å²) in [7, 11) is 1.61. The Balaban J connectivity index is 2.37. The van der Waals surface area contributed by atoms with Crippen LogP contribution in [0.15, 0.2) is 18.2 Å². The largest absolute Gasteiger partial charge is 0.390 e. The van der Waals surface area contributed by atoms with Crippen molar-refractivity contribution in [3.05, 3.63) is 34.9 Å². The standard InChI is InChI=1S/C13H20O2S/c1-10-4-11(2)6-12(5-10)8-16-9-13(14)7-15-3/h4-6,13-14H,7-9H2,1-3H3. The van der Waals surface area contributed by atoms with Crippen LogP contribution >= 0.6 is 11.8 Å². The minimum absolute atomic E-state index is 0.360. The number of benzene rings is 1. The third kappa shape index (κ3) is 5.01. The van der Waals surface area contributed by atoms with E-state index in [-0.39, 0.29) is 6.10 Å². The second-order valence-corrected chi connectivity index (χ2v) is 5.15. The second kappa shape index (κ2) is 6.94. The van der Waals surface area contributed by atoms with E-state index < -0.39 is 0 Å². The van der Waals surface area contributed by atoms with Crippen molar-refractivity contribution in [2.45, 2.75) is 25.7 Å². The molecule has 0 amide bonds. The van der Waals surface area contributed by atoms with Gasteiger partial charge in [0, 0.05) is 18.6 Å². The zero-order valence-electron chi connectivity index (χ0n) is 10.2. The Bertz CT molecular complexity index is 305. The number of methoxy groups -OCH3 is 1. The smallest absolute Gasteiger partial charge is 0.0863 e. The number of hydrogen-bond donors (Lipinski definition) is 1. The Labute approximate surface area is 102 Å². The van der Waals surface area contributed by atoms with Gasteiger partial charge in [0.2, 0.25) is 0 Å². The van der Waals surface area contributed by atoms with Gasteiger partial charge in [0.1, 0.15) is 0 Å². The highest BCUT2D eigenvalue weighted by Crippen LogP contribution is 2.16. The summed E-state index contributed by atoms with van der Waals surface area (Å²) in [5.41, 5.74) is 3.92. The summed E-state index contributed by atoms with van der Waals surface area (Å²) in [4.78, 5) is 0. The van der Waals surface area contributed by atoms with Crippen LogP contribution in [0.1, 0.15) is 16.7 Å². The number of ether oxygens (including phenoxy) is 1. The van der Waals surface area contributed by atoms with Crippen LogP contribution in [0.2, 0.25) is 0 Å². The van der Waals surface area contributed by atoms with Crippen molar-refractivity contribution in [2.24, 2.45) is 0 Å². The summed E-state index contributed by atoms with van der Waals surface area (Å²) in [6.07, 6.45) is -0.360. The van der Waals surface area contributed by atoms with Gasteiger partial charge in [0.05, 0.1) is 12.7 Å². The van der Waals surface area contributed by atoms with Crippen LogP contribution in [0.4, 0.5) is 0 Å². The van der Waals surface area contributed by atoms with E-state index >= 15 is 0 Å². The van der Waals surface area contributed by atoms with Crippen LogP contribution in [-0.2, 0) is 10.5 Å². The molecule has 0 spiro atoms. The molecule has 0 saturated heterocycles. The molecule has 0 bridgehead atoms. The molecule has 1 aromatic rings. The minimum atomic E-state index is -0.360. The fraction of sp³-hybridized carbons (Fsp3) is 0.538. The van der Waals surface area contributed by atoms with Crippen LogP contribution in [0, 0.1) is 13.8 Å². The Morgan fingerprint density at radius 2 is 1.88 bits per heavy atom. The predicted octanol–water partition coefficient (Wildman–Crippen LogP) is 2.54. The lowest BCUT2D eigenvalue weighted by molar-refractivity contribution is 0.0794. The first-order valence-corrected chi connectivity index (χ1v) is 6.59. The lowest BCUT2D eigenvalue weighted by atomic mass is 10.1. The first-order valence-electron chi connectivity index (χ1n) is 5.43. The van der Waals surface area contributed by atoms with Crippen LogP contribution < -0.4 is 0 Å². The van der Waals surface area contributed by atoms with Gasteiger partial charge in [-0.25, -0.2) is 0 Å². The lowest BCUT2D eigenvalue weighted by Gasteiger charge is -2.09. The Morgan fingerprint density at radius 1 is 1.25 bits per heavy atom. The van der Waals surface area contributed by atoms with E-state index in [0.717, 1.165) is 11.5 Å². The quantitative estimate of drug-likeness (QED) is 0.828. The second-order valence-electron chi connectivity index (χ2n) is 4.12. The molecule has 0 heterocycles. The first kappa shape index (κ1) is 13.6. The Kier molecular flexibility index (Phi) is 5.88. The molecular weight excluding hydrogens is 220 g/mol. The average Bonchev–Trinajstić information content (AvgIpc) is 2.16. The van der Waals surface area contributed by atoms with Crippen molar-refractivity contribution in [1.82, 2.24) is 0 Å². The molecule has 0 aromatic heterocycles. The number of rotatable bonds is 6. The van der Waals surface area contributed by atoms with Gasteiger partial charge in [-0.15, -0.1) is 0 Å². The topological polar surface area (TPSA) is 29.5 Å². The summed E-state index contributed by atoms with van der Waals surface area (Å²) in [6, 6.07) is 6.57. The summed E-state index contributed by atoms with van der Waals surface area (Å²) < 4.78 is 4.88. The first-order chi connectivity index (χ1) is 7.61. The molecule has 1 unspecified atom stereocenters. The molecule has 1 rings (SSSR count). The van der Waals surface area contributed by atoms with E-state index in [4.69, 9.17) is 4.74 Å². The lowest BCUT2D eigenvalue weighted by Crippen LogP contribution is -2.16.